The van der Waals surface area contributed by atoms with Gasteiger partial charge in [-0.1, -0.05) is 47.5 Å². The summed E-state index contributed by atoms with van der Waals surface area (Å²) >= 11 is 3.32. The maximum Gasteiger partial charge on any atom is 0.264 e. The lowest BCUT2D eigenvalue weighted by atomic mass is 10.2. The number of hydrazone groups is 1. The molecule has 0 bridgehead atoms. The lowest BCUT2D eigenvalue weighted by Gasteiger charge is -2.24. The van der Waals surface area contributed by atoms with Crippen LogP contribution in [0.3, 0.4) is 0 Å². The van der Waals surface area contributed by atoms with Gasteiger partial charge in [-0.3, -0.25) is 9.10 Å². The van der Waals surface area contributed by atoms with Crippen molar-refractivity contribution >= 4 is 43.8 Å². The monoisotopic (exact) mass is 529 g/mol. The first-order valence-corrected chi connectivity index (χ1v) is 12.3. The van der Waals surface area contributed by atoms with Crippen molar-refractivity contribution in [1.82, 2.24) is 5.43 Å². The van der Waals surface area contributed by atoms with Gasteiger partial charge in [0.15, 0.2) is 0 Å². The third-order valence-corrected chi connectivity index (χ3v) is 7.15. The van der Waals surface area contributed by atoms with Crippen LogP contribution in [0.1, 0.15) is 16.7 Å². The molecule has 33 heavy (non-hydrogen) atoms. The lowest BCUT2D eigenvalue weighted by Crippen LogP contribution is -2.39. The summed E-state index contributed by atoms with van der Waals surface area (Å²) in [4.78, 5) is 12.7. The number of benzene rings is 3. The Kier molecular flexibility index (Phi) is 7.88. The third kappa shape index (κ3) is 6.21. The molecule has 0 heterocycles. The maximum absolute atomic E-state index is 13.5. The van der Waals surface area contributed by atoms with Gasteiger partial charge in [0, 0.05) is 0 Å². The van der Waals surface area contributed by atoms with Gasteiger partial charge in [-0.25, -0.2) is 13.8 Å². The van der Waals surface area contributed by atoms with E-state index in [1.807, 2.05) is 38.1 Å². The highest BCUT2D eigenvalue weighted by atomic mass is 79.9. The molecule has 3 aromatic rings. The zero-order valence-corrected chi connectivity index (χ0v) is 20.9. The first-order valence-electron chi connectivity index (χ1n) is 10.0. The van der Waals surface area contributed by atoms with Crippen LogP contribution in [0.15, 0.2) is 81.2 Å². The fourth-order valence-corrected chi connectivity index (χ4v) is 5.20. The van der Waals surface area contributed by atoms with E-state index in [1.165, 1.54) is 25.5 Å². The second-order valence-corrected chi connectivity index (χ2v) is 10.1. The van der Waals surface area contributed by atoms with E-state index in [2.05, 4.69) is 26.5 Å². The normalized spacial score (nSPS) is 11.4. The fraction of sp³-hybridized carbons (Fsp3) is 0.167. The number of nitrogens with zero attached hydrogens (tertiary/aromatic N) is 2. The quantitative estimate of drug-likeness (QED) is 0.345. The highest BCUT2D eigenvalue weighted by molar-refractivity contribution is 9.10. The molecule has 1 amide bonds. The van der Waals surface area contributed by atoms with Gasteiger partial charge in [-0.15, -0.1) is 0 Å². The summed E-state index contributed by atoms with van der Waals surface area (Å²) in [6.45, 7) is 3.41. The first-order chi connectivity index (χ1) is 15.7. The number of carbonyl (C=O) groups is 1. The summed E-state index contributed by atoms with van der Waals surface area (Å²) in [6, 6.07) is 18.9. The van der Waals surface area contributed by atoms with Gasteiger partial charge in [0.1, 0.15) is 12.3 Å². The SMILES string of the molecule is COc1ccc(S(=O)(=O)N(CC(=O)N/N=C/c2cccc(C)c2)c2ccc(C)cc2)cc1Br. The van der Waals surface area contributed by atoms with Gasteiger partial charge >= 0.3 is 0 Å². The number of hydrogen-bond donors (Lipinski definition) is 1. The Morgan fingerprint density at radius 3 is 2.42 bits per heavy atom. The van der Waals surface area contributed by atoms with Crippen LogP contribution in [-0.4, -0.2) is 34.2 Å². The summed E-state index contributed by atoms with van der Waals surface area (Å²) in [6.07, 6.45) is 1.51. The Morgan fingerprint density at radius 2 is 1.79 bits per heavy atom. The summed E-state index contributed by atoms with van der Waals surface area (Å²) < 4.78 is 33.7. The predicted octanol–water partition coefficient (Wildman–Crippen LogP) is 4.42. The van der Waals surface area contributed by atoms with Crippen LogP contribution in [0.25, 0.3) is 0 Å². The molecule has 0 atom stereocenters. The van der Waals surface area contributed by atoms with Crippen LogP contribution in [0.4, 0.5) is 5.69 Å². The average Bonchev–Trinajstić information content (AvgIpc) is 2.78. The smallest absolute Gasteiger partial charge is 0.264 e. The van der Waals surface area contributed by atoms with E-state index in [1.54, 1.807) is 30.3 Å². The van der Waals surface area contributed by atoms with Crippen LogP contribution in [-0.2, 0) is 14.8 Å². The number of amides is 1. The van der Waals surface area contributed by atoms with Gasteiger partial charge in [-0.05, 0) is 65.7 Å². The molecule has 0 radical (unpaired) electrons. The highest BCUT2D eigenvalue weighted by Gasteiger charge is 2.28. The zero-order valence-electron chi connectivity index (χ0n) is 18.4. The van der Waals surface area contributed by atoms with Gasteiger partial charge < -0.3 is 4.74 Å². The Labute approximate surface area is 202 Å². The van der Waals surface area contributed by atoms with E-state index in [-0.39, 0.29) is 4.90 Å². The van der Waals surface area contributed by atoms with Crippen molar-refractivity contribution in [1.29, 1.82) is 0 Å². The van der Waals surface area contributed by atoms with E-state index < -0.39 is 22.5 Å². The Bertz CT molecular complexity index is 1280. The molecule has 9 heteroatoms. The molecule has 0 aliphatic rings. The number of ether oxygens (including phenoxy) is 1. The van der Waals surface area contributed by atoms with Gasteiger partial charge in [-0.2, -0.15) is 5.10 Å². The molecule has 0 saturated heterocycles. The second-order valence-electron chi connectivity index (χ2n) is 7.35. The van der Waals surface area contributed by atoms with E-state index >= 15 is 0 Å². The number of sulfonamides is 1. The minimum atomic E-state index is -4.06. The summed E-state index contributed by atoms with van der Waals surface area (Å²) in [5, 5.41) is 3.97. The van der Waals surface area contributed by atoms with Crippen molar-refractivity contribution in [3.63, 3.8) is 0 Å². The van der Waals surface area contributed by atoms with Crippen molar-refractivity contribution < 1.29 is 17.9 Å². The molecule has 0 aromatic heterocycles. The standard InChI is InChI=1S/C24H24BrN3O4S/c1-17-7-9-20(10-8-17)28(33(30,31)21-11-12-23(32-3)22(25)14-21)16-24(29)27-26-15-19-6-4-5-18(2)13-19/h4-15H,16H2,1-3H3,(H,27,29)/b26-15+. The Morgan fingerprint density at radius 1 is 1.06 bits per heavy atom. The number of nitrogens with one attached hydrogen (secondary N) is 1. The molecule has 0 aliphatic heterocycles. The molecule has 3 rings (SSSR count). The molecular weight excluding hydrogens is 506 g/mol. The first kappa shape index (κ1) is 24.5. The lowest BCUT2D eigenvalue weighted by molar-refractivity contribution is -0.119. The Hall–Kier alpha value is -3.17. The molecule has 7 nitrogen and oxygen atoms in total. The molecule has 3 aromatic carbocycles. The van der Waals surface area contributed by atoms with Crippen molar-refractivity contribution in [2.24, 2.45) is 5.10 Å². The molecule has 172 valence electrons. The highest BCUT2D eigenvalue weighted by Crippen LogP contribution is 2.30. The largest absolute Gasteiger partial charge is 0.496 e. The van der Waals surface area contributed by atoms with Crippen molar-refractivity contribution in [3.8, 4) is 5.75 Å². The molecule has 0 aliphatic carbocycles. The van der Waals surface area contributed by atoms with E-state index in [0.29, 0.717) is 15.9 Å². The fourth-order valence-electron chi connectivity index (χ4n) is 3.06. The zero-order chi connectivity index (χ0) is 24.0. The number of halogens is 1. The Balaban J connectivity index is 1.87. The molecular formula is C24H24BrN3O4S. The van der Waals surface area contributed by atoms with E-state index in [0.717, 1.165) is 21.0 Å². The number of aryl methyl sites for hydroxylation is 2. The van der Waals surface area contributed by atoms with Gasteiger partial charge in [0.2, 0.25) is 0 Å². The average molecular weight is 530 g/mol. The number of hydrogen-bond acceptors (Lipinski definition) is 5. The van der Waals surface area contributed by atoms with Crippen LogP contribution in [0.2, 0.25) is 0 Å². The molecule has 0 saturated carbocycles. The van der Waals surface area contributed by atoms with E-state index in [9.17, 15) is 13.2 Å². The van der Waals surface area contributed by atoms with E-state index in [4.69, 9.17) is 4.74 Å². The van der Waals surface area contributed by atoms with Gasteiger partial charge in [0.25, 0.3) is 15.9 Å². The molecule has 0 spiro atoms. The molecule has 0 fully saturated rings. The third-order valence-electron chi connectivity index (χ3n) is 4.77. The van der Waals surface area contributed by atoms with Crippen molar-refractivity contribution in [2.45, 2.75) is 18.7 Å². The van der Waals surface area contributed by atoms with Crippen LogP contribution in [0, 0.1) is 13.8 Å². The van der Waals surface area contributed by atoms with Crippen LogP contribution in [0.5, 0.6) is 5.75 Å². The summed E-state index contributed by atoms with van der Waals surface area (Å²) in [5.41, 5.74) is 5.63. The minimum Gasteiger partial charge on any atom is -0.496 e. The number of carbonyl (C=O) groups excluding carboxylic acids is 1. The summed E-state index contributed by atoms with van der Waals surface area (Å²) in [7, 11) is -2.56. The number of methoxy groups -OCH3 is 1. The maximum atomic E-state index is 13.5. The minimum absolute atomic E-state index is 0.0202. The van der Waals surface area contributed by atoms with Crippen LogP contribution >= 0.6 is 15.9 Å². The molecule has 1 N–H and O–H groups in total. The van der Waals surface area contributed by atoms with Crippen molar-refractivity contribution in [3.05, 3.63) is 87.9 Å². The second kappa shape index (κ2) is 10.6. The topological polar surface area (TPSA) is 88.1 Å². The molecule has 0 unspecified atom stereocenters. The predicted molar refractivity (Wildman–Crippen MR) is 133 cm³/mol. The number of anilines is 1. The van der Waals surface area contributed by atoms with Crippen LogP contribution < -0.4 is 14.5 Å². The number of rotatable bonds is 8. The summed E-state index contributed by atoms with van der Waals surface area (Å²) in [5.74, 6) is -0.0744. The van der Waals surface area contributed by atoms with Gasteiger partial charge in [0.05, 0.1) is 28.4 Å². The van der Waals surface area contributed by atoms with Crippen molar-refractivity contribution in [2.75, 3.05) is 18.0 Å².